The molecule has 2 saturated carbocycles. The summed E-state index contributed by atoms with van der Waals surface area (Å²) in [7, 11) is 0. The van der Waals surface area contributed by atoms with Gasteiger partial charge in [-0.1, -0.05) is 53.7 Å². The summed E-state index contributed by atoms with van der Waals surface area (Å²) in [5.41, 5.74) is 1.39. The molecule has 2 fully saturated rings. The van der Waals surface area contributed by atoms with Crippen LogP contribution in [0.25, 0.3) is 0 Å². The van der Waals surface area contributed by atoms with Gasteiger partial charge in [-0.2, -0.15) is 0 Å². The number of hydrogen-bond acceptors (Lipinski definition) is 1. The molecule has 1 N–H and O–H groups in total. The normalized spacial score (nSPS) is 31.6. The van der Waals surface area contributed by atoms with E-state index in [0.29, 0.717) is 6.04 Å². The van der Waals surface area contributed by atoms with Gasteiger partial charge in [0.2, 0.25) is 0 Å². The molecular weight excluding hydrogens is 310 g/mol. The van der Waals surface area contributed by atoms with Gasteiger partial charge in [0.15, 0.2) is 0 Å². The first-order chi connectivity index (χ1) is 9.72. The van der Waals surface area contributed by atoms with Crippen molar-refractivity contribution in [3.8, 4) is 0 Å². The zero-order valence-corrected chi connectivity index (χ0v) is 14.0. The van der Waals surface area contributed by atoms with Gasteiger partial charge in [0, 0.05) is 16.6 Å². The maximum Gasteiger partial charge on any atom is 0.0294 e. The van der Waals surface area contributed by atoms with E-state index in [2.05, 4.69) is 52.4 Å². The second-order valence-electron chi connectivity index (χ2n) is 6.76. The van der Waals surface area contributed by atoms with E-state index in [9.17, 15) is 0 Å². The third-order valence-electron chi connectivity index (χ3n) is 5.37. The number of nitrogens with one attached hydrogen (secondary N) is 1. The highest BCUT2D eigenvalue weighted by Gasteiger charge is 2.32. The van der Waals surface area contributed by atoms with Crippen LogP contribution in [0.1, 0.15) is 63.5 Å². The largest absolute Gasteiger partial charge is 0.307 e. The third-order valence-corrected chi connectivity index (χ3v) is 5.87. The predicted octanol–water partition coefficient (Wildman–Crippen LogP) is 5.46. The Morgan fingerprint density at radius 2 is 1.90 bits per heavy atom. The van der Waals surface area contributed by atoms with Crippen LogP contribution in [0.4, 0.5) is 0 Å². The molecule has 3 unspecified atom stereocenters. The summed E-state index contributed by atoms with van der Waals surface area (Å²) in [5.74, 6) is 2.05. The molecule has 1 aromatic carbocycles. The van der Waals surface area contributed by atoms with Gasteiger partial charge in [0.25, 0.3) is 0 Å². The molecule has 0 aromatic heterocycles. The lowest BCUT2D eigenvalue weighted by Gasteiger charge is -2.40. The molecule has 20 heavy (non-hydrogen) atoms. The van der Waals surface area contributed by atoms with E-state index in [1.807, 2.05) is 0 Å². The summed E-state index contributed by atoms with van der Waals surface area (Å²) in [6, 6.07) is 9.89. The maximum atomic E-state index is 3.87. The average molecular weight is 336 g/mol. The molecule has 0 bridgehead atoms. The Morgan fingerprint density at radius 1 is 1.10 bits per heavy atom. The van der Waals surface area contributed by atoms with E-state index in [4.69, 9.17) is 0 Å². The van der Waals surface area contributed by atoms with Gasteiger partial charge >= 0.3 is 0 Å². The first kappa shape index (κ1) is 14.6. The van der Waals surface area contributed by atoms with Crippen molar-refractivity contribution in [2.24, 2.45) is 11.8 Å². The Hall–Kier alpha value is -0.340. The minimum absolute atomic E-state index is 0.456. The lowest BCUT2D eigenvalue weighted by Crippen LogP contribution is -2.39. The van der Waals surface area contributed by atoms with E-state index in [1.54, 1.807) is 0 Å². The highest BCUT2D eigenvalue weighted by molar-refractivity contribution is 9.10. The van der Waals surface area contributed by atoms with E-state index >= 15 is 0 Å². The SMILES string of the molecule is C[C@H](NC1CCC2CCCCC2C1)c1cccc(Br)c1. The summed E-state index contributed by atoms with van der Waals surface area (Å²) >= 11 is 3.57. The number of rotatable bonds is 3. The number of halogens is 1. The van der Waals surface area contributed by atoms with Crippen molar-refractivity contribution in [2.45, 2.75) is 64.0 Å². The quantitative estimate of drug-likeness (QED) is 0.773. The van der Waals surface area contributed by atoms with Crippen molar-refractivity contribution in [3.05, 3.63) is 34.3 Å². The van der Waals surface area contributed by atoms with Gasteiger partial charge in [-0.3, -0.25) is 0 Å². The van der Waals surface area contributed by atoms with Crippen molar-refractivity contribution >= 4 is 15.9 Å². The van der Waals surface area contributed by atoms with Crippen LogP contribution in [0.5, 0.6) is 0 Å². The monoisotopic (exact) mass is 335 g/mol. The second-order valence-corrected chi connectivity index (χ2v) is 7.67. The zero-order valence-electron chi connectivity index (χ0n) is 12.4. The van der Waals surface area contributed by atoms with E-state index in [1.165, 1.54) is 55.0 Å². The van der Waals surface area contributed by atoms with Crippen LogP contribution in [0.15, 0.2) is 28.7 Å². The molecule has 0 amide bonds. The van der Waals surface area contributed by atoms with Crippen LogP contribution in [-0.4, -0.2) is 6.04 Å². The molecule has 2 heteroatoms. The van der Waals surface area contributed by atoms with Gasteiger partial charge in [0.1, 0.15) is 0 Å². The minimum atomic E-state index is 0.456. The first-order valence-corrected chi connectivity index (χ1v) is 9.03. The van der Waals surface area contributed by atoms with Gasteiger partial charge in [-0.25, -0.2) is 0 Å². The Labute approximate surface area is 131 Å². The summed E-state index contributed by atoms with van der Waals surface area (Å²) in [6.45, 7) is 2.30. The molecule has 0 aliphatic heterocycles. The Balaban J connectivity index is 1.58. The lowest BCUT2D eigenvalue weighted by molar-refractivity contribution is 0.139. The van der Waals surface area contributed by atoms with Crippen LogP contribution in [0, 0.1) is 11.8 Å². The predicted molar refractivity (Wildman–Crippen MR) is 88.8 cm³/mol. The fourth-order valence-corrected chi connectivity index (χ4v) is 4.67. The number of hydrogen-bond donors (Lipinski definition) is 1. The van der Waals surface area contributed by atoms with Crippen molar-refractivity contribution in [1.29, 1.82) is 0 Å². The van der Waals surface area contributed by atoms with Crippen molar-refractivity contribution in [3.63, 3.8) is 0 Å². The van der Waals surface area contributed by atoms with E-state index in [-0.39, 0.29) is 0 Å². The fourth-order valence-electron chi connectivity index (χ4n) is 4.25. The Kier molecular flexibility index (Phi) is 4.83. The summed E-state index contributed by atoms with van der Waals surface area (Å²) in [6.07, 6.45) is 10.2. The Bertz CT molecular complexity index is 445. The molecule has 1 nitrogen and oxygen atoms in total. The molecule has 0 radical (unpaired) electrons. The molecule has 2 aliphatic carbocycles. The summed E-state index contributed by atoms with van der Waals surface area (Å²) in [5, 5.41) is 3.87. The summed E-state index contributed by atoms with van der Waals surface area (Å²) in [4.78, 5) is 0. The van der Waals surface area contributed by atoms with Gasteiger partial charge < -0.3 is 5.32 Å². The molecule has 4 atom stereocenters. The summed E-state index contributed by atoms with van der Waals surface area (Å²) < 4.78 is 1.18. The van der Waals surface area contributed by atoms with Crippen molar-refractivity contribution in [2.75, 3.05) is 0 Å². The Morgan fingerprint density at radius 3 is 2.70 bits per heavy atom. The van der Waals surface area contributed by atoms with Crippen LogP contribution < -0.4 is 5.32 Å². The smallest absolute Gasteiger partial charge is 0.0294 e. The van der Waals surface area contributed by atoms with Gasteiger partial charge in [-0.15, -0.1) is 0 Å². The molecule has 0 saturated heterocycles. The van der Waals surface area contributed by atoms with E-state index < -0.39 is 0 Å². The third kappa shape index (κ3) is 3.46. The molecule has 3 rings (SSSR count). The van der Waals surface area contributed by atoms with Gasteiger partial charge in [0.05, 0.1) is 0 Å². The number of fused-ring (bicyclic) bond motifs is 1. The standard InChI is InChI=1S/C18H26BrN/c1-13(15-7-4-8-17(19)11-15)20-18-10-9-14-5-2-3-6-16(14)12-18/h4,7-8,11,13-14,16,18,20H,2-3,5-6,9-10,12H2,1H3/t13-,14?,16?,18?/m0/s1. The zero-order chi connectivity index (χ0) is 13.9. The van der Waals surface area contributed by atoms with Crippen LogP contribution in [-0.2, 0) is 0 Å². The highest BCUT2D eigenvalue weighted by Crippen LogP contribution is 2.40. The van der Waals surface area contributed by atoms with E-state index in [0.717, 1.165) is 17.9 Å². The highest BCUT2D eigenvalue weighted by atomic mass is 79.9. The first-order valence-electron chi connectivity index (χ1n) is 8.24. The molecular formula is C18H26BrN. The fraction of sp³-hybridized carbons (Fsp3) is 0.667. The second kappa shape index (κ2) is 6.62. The van der Waals surface area contributed by atoms with Crippen LogP contribution >= 0.6 is 15.9 Å². The van der Waals surface area contributed by atoms with Gasteiger partial charge in [-0.05, 0) is 55.7 Å². The average Bonchev–Trinajstić information content (AvgIpc) is 2.47. The lowest BCUT2D eigenvalue weighted by atomic mass is 9.69. The van der Waals surface area contributed by atoms with Crippen LogP contribution in [0.2, 0.25) is 0 Å². The minimum Gasteiger partial charge on any atom is -0.307 e. The maximum absolute atomic E-state index is 3.87. The van der Waals surface area contributed by atoms with Crippen molar-refractivity contribution in [1.82, 2.24) is 5.32 Å². The molecule has 0 spiro atoms. The van der Waals surface area contributed by atoms with Crippen LogP contribution in [0.3, 0.4) is 0 Å². The topological polar surface area (TPSA) is 12.0 Å². The molecule has 0 heterocycles. The number of benzene rings is 1. The van der Waals surface area contributed by atoms with Crippen molar-refractivity contribution < 1.29 is 0 Å². The molecule has 2 aliphatic rings. The molecule has 1 aromatic rings. The molecule has 110 valence electrons.